The maximum atomic E-state index is 13.0. The molecule has 118 valence electrons. The average Bonchev–Trinajstić information content (AvgIpc) is 2.77. The lowest BCUT2D eigenvalue weighted by Gasteiger charge is -2.40. The van der Waals surface area contributed by atoms with E-state index in [0.717, 1.165) is 38.8 Å². The minimum Gasteiger partial charge on any atom is -0.356 e. The van der Waals surface area contributed by atoms with Crippen LogP contribution in [0.1, 0.15) is 64.2 Å². The highest BCUT2D eigenvalue weighted by Gasteiger charge is 2.38. The van der Waals surface area contributed by atoms with Gasteiger partial charge in [-0.1, -0.05) is 25.7 Å². The fourth-order valence-corrected chi connectivity index (χ4v) is 4.38. The van der Waals surface area contributed by atoms with E-state index in [1.165, 1.54) is 32.1 Å². The zero-order valence-corrected chi connectivity index (χ0v) is 13.0. The monoisotopic (exact) mass is 292 g/mol. The Morgan fingerprint density at radius 1 is 1.00 bits per heavy atom. The molecule has 3 rings (SSSR count). The van der Waals surface area contributed by atoms with E-state index in [2.05, 4.69) is 10.2 Å². The van der Waals surface area contributed by atoms with Crippen molar-refractivity contribution in [3.63, 3.8) is 0 Å². The second-order valence-electron chi connectivity index (χ2n) is 7.05. The Labute approximate surface area is 127 Å². The SMILES string of the molecule is O=C1CC(C2CCCCN2C(=O)C2CCCCCC2)CN1. The van der Waals surface area contributed by atoms with Crippen LogP contribution in [-0.2, 0) is 9.59 Å². The number of likely N-dealkylation sites (tertiary alicyclic amines) is 1. The molecule has 0 aromatic heterocycles. The zero-order valence-electron chi connectivity index (χ0n) is 13.0. The Kier molecular flexibility index (Phi) is 4.81. The van der Waals surface area contributed by atoms with Gasteiger partial charge in [-0.3, -0.25) is 9.59 Å². The van der Waals surface area contributed by atoms with Crippen molar-refractivity contribution in [1.29, 1.82) is 0 Å². The van der Waals surface area contributed by atoms with E-state index in [-0.39, 0.29) is 11.8 Å². The molecule has 2 amide bonds. The van der Waals surface area contributed by atoms with Crippen molar-refractivity contribution in [1.82, 2.24) is 10.2 Å². The summed E-state index contributed by atoms with van der Waals surface area (Å²) in [5.41, 5.74) is 0. The molecule has 3 aliphatic rings. The van der Waals surface area contributed by atoms with Gasteiger partial charge in [-0.2, -0.15) is 0 Å². The molecule has 2 aliphatic heterocycles. The normalized spacial score (nSPS) is 31.8. The van der Waals surface area contributed by atoms with Gasteiger partial charge in [0.25, 0.3) is 0 Å². The van der Waals surface area contributed by atoms with Crippen molar-refractivity contribution in [2.24, 2.45) is 11.8 Å². The third-order valence-electron chi connectivity index (χ3n) is 5.59. The van der Waals surface area contributed by atoms with Gasteiger partial charge >= 0.3 is 0 Å². The molecule has 2 atom stereocenters. The Morgan fingerprint density at radius 2 is 1.71 bits per heavy atom. The van der Waals surface area contributed by atoms with Gasteiger partial charge in [0.2, 0.25) is 11.8 Å². The number of hydrogen-bond donors (Lipinski definition) is 1. The third-order valence-corrected chi connectivity index (χ3v) is 5.59. The van der Waals surface area contributed by atoms with Gasteiger partial charge in [-0.25, -0.2) is 0 Å². The smallest absolute Gasteiger partial charge is 0.225 e. The zero-order chi connectivity index (χ0) is 14.7. The predicted octanol–water partition coefficient (Wildman–Crippen LogP) is 2.47. The number of nitrogens with one attached hydrogen (secondary N) is 1. The molecule has 0 aromatic carbocycles. The highest BCUT2D eigenvalue weighted by Crippen LogP contribution is 2.31. The Morgan fingerprint density at radius 3 is 2.38 bits per heavy atom. The van der Waals surface area contributed by atoms with Crippen molar-refractivity contribution < 1.29 is 9.59 Å². The van der Waals surface area contributed by atoms with Gasteiger partial charge in [-0.15, -0.1) is 0 Å². The van der Waals surface area contributed by atoms with E-state index in [4.69, 9.17) is 0 Å². The van der Waals surface area contributed by atoms with Gasteiger partial charge in [-0.05, 0) is 32.1 Å². The molecule has 1 saturated carbocycles. The molecule has 3 fully saturated rings. The average molecular weight is 292 g/mol. The summed E-state index contributed by atoms with van der Waals surface area (Å²) in [4.78, 5) is 26.6. The number of hydrogen-bond acceptors (Lipinski definition) is 2. The van der Waals surface area contributed by atoms with Crippen LogP contribution in [-0.4, -0.2) is 35.8 Å². The summed E-state index contributed by atoms with van der Waals surface area (Å²) in [5.74, 6) is 1.14. The number of carbonyl (C=O) groups excluding carboxylic acids is 2. The summed E-state index contributed by atoms with van der Waals surface area (Å²) in [6.45, 7) is 1.67. The van der Waals surface area contributed by atoms with Gasteiger partial charge in [0.05, 0.1) is 0 Å². The molecule has 2 saturated heterocycles. The van der Waals surface area contributed by atoms with Gasteiger partial charge in [0.15, 0.2) is 0 Å². The van der Waals surface area contributed by atoms with Gasteiger partial charge in [0.1, 0.15) is 0 Å². The topological polar surface area (TPSA) is 49.4 Å². The first-order chi connectivity index (χ1) is 10.3. The van der Waals surface area contributed by atoms with E-state index in [1.807, 2.05) is 0 Å². The van der Waals surface area contributed by atoms with Crippen molar-refractivity contribution >= 4 is 11.8 Å². The molecular weight excluding hydrogens is 264 g/mol. The molecule has 1 aliphatic carbocycles. The standard InChI is InChI=1S/C17H28N2O2/c20-16-11-14(12-18-16)15-9-5-6-10-19(15)17(21)13-7-3-1-2-4-8-13/h13-15H,1-12H2,(H,18,20). The molecule has 2 heterocycles. The Balaban J connectivity index is 1.67. The fourth-order valence-electron chi connectivity index (χ4n) is 4.38. The highest BCUT2D eigenvalue weighted by molar-refractivity contribution is 5.80. The second kappa shape index (κ2) is 6.80. The van der Waals surface area contributed by atoms with Crippen LogP contribution < -0.4 is 5.32 Å². The lowest BCUT2D eigenvalue weighted by atomic mass is 9.87. The van der Waals surface area contributed by atoms with Crippen LogP contribution in [0.5, 0.6) is 0 Å². The molecule has 21 heavy (non-hydrogen) atoms. The first-order valence-corrected chi connectivity index (χ1v) is 8.83. The third kappa shape index (κ3) is 3.41. The molecular formula is C17H28N2O2. The fraction of sp³-hybridized carbons (Fsp3) is 0.882. The quantitative estimate of drug-likeness (QED) is 0.795. The van der Waals surface area contributed by atoms with E-state index >= 15 is 0 Å². The summed E-state index contributed by atoms with van der Waals surface area (Å²) in [6.07, 6.45) is 11.1. The van der Waals surface area contributed by atoms with E-state index in [9.17, 15) is 9.59 Å². The van der Waals surface area contributed by atoms with Gasteiger partial charge < -0.3 is 10.2 Å². The van der Waals surface area contributed by atoms with E-state index in [0.29, 0.717) is 24.3 Å². The summed E-state index contributed by atoms with van der Waals surface area (Å²) < 4.78 is 0. The largest absolute Gasteiger partial charge is 0.356 e. The Hall–Kier alpha value is -1.06. The van der Waals surface area contributed by atoms with Crippen molar-refractivity contribution in [2.75, 3.05) is 13.1 Å². The molecule has 0 spiro atoms. The summed E-state index contributed by atoms with van der Waals surface area (Å²) in [5, 5.41) is 2.94. The number of piperidine rings is 1. The molecule has 0 radical (unpaired) electrons. The minimum absolute atomic E-state index is 0.160. The maximum Gasteiger partial charge on any atom is 0.225 e. The van der Waals surface area contributed by atoms with Crippen LogP contribution in [0, 0.1) is 11.8 Å². The van der Waals surface area contributed by atoms with Crippen molar-refractivity contribution in [2.45, 2.75) is 70.3 Å². The van der Waals surface area contributed by atoms with Crippen LogP contribution >= 0.6 is 0 Å². The molecule has 0 bridgehead atoms. The minimum atomic E-state index is 0.160. The molecule has 4 heteroatoms. The molecule has 2 unspecified atom stereocenters. The summed E-state index contributed by atoms with van der Waals surface area (Å²) in [7, 11) is 0. The lowest BCUT2D eigenvalue weighted by molar-refractivity contribution is -0.141. The highest BCUT2D eigenvalue weighted by atomic mass is 16.2. The van der Waals surface area contributed by atoms with Crippen molar-refractivity contribution in [3.05, 3.63) is 0 Å². The van der Waals surface area contributed by atoms with Crippen LogP contribution in [0.25, 0.3) is 0 Å². The van der Waals surface area contributed by atoms with E-state index < -0.39 is 0 Å². The van der Waals surface area contributed by atoms with Crippen LogP contribution in [0.15, 0.2) is 0 Å². The summed E-state index contributed by atoms with van der Waals surface area (Å²) >= 11 is 0. The summed E-state index contributed by atoms with van der Waals surface area (Å²) in [6, 6.07) is 0.299. The first-order valence-electron chi connectivity index (χ1n) is 8.83. The van der Waals surface area contributed by atoms with Crippen LogP contribution in [0.4, 0.5) is 0 Å². The van der Waals surface area contributed by atoms with Crippen LogP contribution in [0.2, 0.25) is 0 Å². The van der Waals surface area contributed by atoms with Crippen molar-refractivity contribution in [3.8, 4) is 0 Å². The number of nitrogens with zero attached hydrogens (tertiary/aromatic N) is 1. The number of rotatable bonds is 2. The number of amides is 2. The molecule has 1 N–H and O–H groups in total. The van der Waals surface area contributed by atoms with Gasteiger partial charge in [0, 0.05) is 37.4 Å². The predicted molar refractivity (Wildman–Crippen MR) is 81.7 cm³/mol. The Bertz CT molecular complexity index is 388. The number of carbonyl (C=O) groups is 2. The molecule has 4 nitrogen and oxygen atoms in total. The molecule has 0 aromatic rings. The lowest BCUT2D eigenvalue weighted by Crippen LogP contribution is -2.50. The van der Waals surface area contributed by atoms with E-state index in [1.54, 1.807) is 0 Å². The van der Waals surface area contributed by atoms with Crippen LogP contribution in [0.3, 0.4) is 0 Å². The maximum absolute atomic E-state index is 13.0. The second-order valence-corrected chi connectivity index (χ2v) is 7.05. The first kappa shape index (κ1) is 14.9.